The number of imide groups is 1. The first-order chi connectivity index (χ1) is 12.6. The molecule has 0 bridgehead atoms. The molecule has 1 heterocycles. The lowest BCUT2D eigenvalue weighted by molar-refractivity contribution is -0.156. The van der Waals surface area contributed by atoms with Crippen LogP contribution in [0.1, 0.15) is 26.3 Å². The number of benzene rings is 1. The number of esters is 1. The Bertz CT molecular complexity index is 851. The quantitative estimate of drug-likeness (QED) is 0.384. The van der Waals surface area contributed by atoms with Gasteiger partial charge >= 0.3 is 5.97 Å². The Balaban J connectivity index is 2.13. The maximum atomic E-state index is 12.5. The largest absolute Gasteiger partial charge is 0.480 e. The highest BCUT2D eigenvalue weighted by Crippen LogP contribution is 2.34. The first kappa shape index (κ1) is 21.1. The number of halogens is 1. The first-order valence-electron chi connectivity index (χ1n) is 7.94. The number of carbonyl (C=O) groups excluding carboxylic acids is 3. The number of amides is 2. The van der Waals surface area contributed by atoms with E-state index in [2.05, 4.69) is 21.9 Å². The summed E-state index contributed by atoms with van der Waals surface area (Å²) in [6, 6.07) is 5.18. The lowest BCUT2D eigenvalue weighted by atomic mass is 10.2. The van der Waals surface area contributed by atoms with Crippen molar-refractivity contribution in [1.82, 2.24) is 4.90 Å². The minimum atomic E-state index is -0.690. The summed E-state index contributed by atoms with van der Waals surface area (Å²) in [7, 11) is 0. The number of thioether (sulfide) groups is 1. The third kappa shape index (κ3) is 5.88. The Morgan fingerprint density at radius 1 is 1.37 bits per heavy atom. The summed E-state index contributed by atoms with van der Waals surface area (Å²) < 4.78 is 11.2. The normalized spacial score (nSPS) is 15.8. The van der Waals surface area contributed by atoms with Crippen molar-refractivity contribution in [3.05, 3.63) is 33.1 Å². The third-order valence-electron chi connectivity index (χ3n) is 3.15. The molecule has 0 aliphatic carbocycles. The third-order valence-corrected chi connectivity index (χ3v) is 4.67. The summed E-state index contributed by atoms with van der Waals surface area (Å²) >= 11 is 4.15. The molecule has 2 amide bonds. The summed E-state index contributed by atoms with van der Waals surface area (Å²) in [5.41, 5.74) is 0.00207. The number of hydrogen-bond donors (Lipinski definition) is 0. The van der Waals surface area contributed by atoms with Crippen molar-refractivity contribution in [2.45, 2.75) is 26.4 Å². The molecule has 1 saturated heterocycles. The smallest absolute Gasteiger partial charge is 0.326 e. The molecule has 1 aliphatic rings. The molecule has 1 fully saturated rings. The van der Waals surface area contributed by atoms with Crippen LogP contribution in [0.3, 0.4) is 0 Å². The van der Waals surface area contributed by atoms with Crippen molar-refractivity contribution in [2.75, 3.05) is 13.2 Å². The van der Waals surface area contributed by atoms with Gasteiger partial charge in [-0.25, -0.2) is 0 Å². The fraction of sp³-hybridized carbons (Fsp3) is 0.316. The Morgan fingerprint density at radius 3 is 2.67 bits per heavy atom. The van der Waals surface area contributed by atoms with E-state index < -0.39 is 29.3 Å². The highest BCUT2D eigenvalue weighted by Gasteiger charge is 2.37. The summed E-state index contributed by atoms with van der Waals surface area (Å²) in [5.74, 6) is 1.79. The number of hydrogen-bond acceptors (Lipinski definition) is 6. The maximum Gasteiger partial charge on any atom is 0.326 e. The number of ether oxygens (including phenoxy) is 2. The molecule has 0 saturated carbocycles. The molecular weight excluding hydrogens is 434 g/mol. The van der Waals surface area contributed by atoms with Crippen LogP contribution in [0.4, 0.5) is 4.79 Å². The van der Waals surface area contributed by atoms with E-state index in [0.29, 0.717) is 15.8 Å². The van der Waals surface area contributed by atoms with Gasteiger partial charge in [0.2, 0.25) is 0 Å². The van der Waals surface area contributed by atoms with Crippen molar-refractivity contribution in [1.29, 1.82) is 0 Å². The molecule has 8 heteroatoms. The number of nitrogens with zero attached hydrogens (tertiary/aromatic N) is 1. The van der Waals surface area contributed by atoms with Crippen molar-refractivity contribution in [3.63, 3.8) is 0 Å². The van der Waals surface area contributed by atoms with E-state index >= 15 is 0 Å². The number of carbonyl (C=O) groups is 3. The zero-order chi connectivity index (χ0) is 20.2. The van der Waals surface area contributed by atoms with Crippen LogP contribution in [-0.2, 0) is 14.3 Å². The van der Waals surface area contributed by atoms with Gasteiger partial charge < -0.3 is 9.47 Å². The van der Waals surface area contributed by atoms with Gasteiger partial charge in [-0.05, 0) is 72.2 Å². The van der Waals surface area contributed by atoms with Crippen molar-refractivity contribution in [2.24, 2.45) is 0 Å². The van der Waals surface area contributed by atoms with E-state index in [1.165, 1.54) is 0 Å². The molecule has 1 aromatic rings. The molecule has 1 aromatic carbocycles. The van der Waals surface area contributed by atoms with Gasteiger partial charge in [-0.2, -0.15) is 0 Å². The van der Waals surface area contributed by atoms with Crippen LogP contribution in [0, 0.1) is 12.3 Å². The van der Waals surface area contributed by atoms with Crippen molar-refractivity contribution in [3.8, 4) is 18.1 Å². The van der Waals surface area contributed by atoms with Gasteiger partial charge in [0.1, 0.15) is 24.5 Å². The van der Waals surface area contributed by atoms with Crippen molar-refractivity contribution >= 4 is 50.9 Å². The minimum absolute atomic E-state index is 0.140. The fourth-order valence-electron chi connectivity index (χ4n) is 2.13. The van der Waals surface area contributed by atoms with E-state index in [4.69, 9.17) is 15.9 Å². The van der Waals surface area contributed by atoms with Crippen LogP contribution in [-0.4, -0.2) is 40.8 Å². The second-order valence-corrected chi connectivity index (χ2v) is 8.38. The minimum Gasteiger partial charge on any atom is -0.480 e. The average molecular weight is 452 g/mol. The standard InChI is InChI=1S/C19H18BrNO5S/c1-5-8-25-14-7-6-12(9-13(14)20)10-15-17(23)21(18(24)27-15)11-16(22)26-19(2,3)4/h1,6-7,9-10H,8,11H2,2-4H3. The Morgan fingerprint density at radius 2 is 2.07 bits per heavy atom. The molecule has 1 aliphatic heterocycles. The Hall–Kier alpha value is -2.24. The van der Waals surface area contributed by atoms with Crippen molar-refractivity contribution < 1.29 is 23.9 Å². The van der Waals surface area contributed by atoms with Gasteiger partial charge in [0.25, 0.3) is 11.1 Å². The monoisotopic (exact) mass is 451 g/mol. The van der Waals surface area contributed by atoms with E-state index in [-0.39, 0.29) is 11.5 Å². The SMILES string of the molecule is C#CCOc1ccc(C=C2SC(=O)N(CC(=O)OC(C)(C)C)C2=O)cc1Br. The highest BCUT2D eigenvalue weighted by atomic mass is 79.9. The van der Waals surface area contributed by atoms with Gasteiger partial charge in [-0.15, -0.1) is 6.42 Å². The molecule has 0 spiro atoms. The first-order valence-corrected chi connectivity index (χ1v) is 9.54. The molecule has 27 heavy (non-hydrogen) atoms. The van der Waals surface area contributed by atoms with Crippen LogP contribution in [0.5, 0.6) is 5.75 Å². The number of rotatable bonds is 5. The molecule has 0 aromatic heterocycles. The van der Waals surface area contributed by atoms with Crippen LogP contribution >= 0.6 is 27.7 Å². The lowest BCUT2D eigenvalue weighted by Crippen LogP contribution is -2.37. The summed E-state index contributed by atoms with van der Waals surface area (Å²) in [4.78, 5) is 37.6. The topological polar surface area (TPSA) is 72.9 Å². The second kappa shape index (κ2) is 8.63. The zero-order valence-electron chi connectivity index (χ0n) is 15.1. The summed E-state index contributed by atoms with van der Waals surface area (Å²) in [6.07, 6.45) is 6.74. The Kier molecular flexibility index (Phi) is 6.73. The molecular formula is C19H18BrNO5S. The molecule has 0 radical (unpaired) electrons. The highest BCUT2D eigenvalue weighted by molar-refractivity contribution is 9.10. The van der Waals surface area contributed by atoms with E-state index in [9.17, 15) is 14.4 Å². The van der Waals surface area contributed by atoms with E-state index in [1.54, 1.807) is 45.0 Å². The zero-order valence-corrected chi connectivity index (χ0v) is 17.5. The average Bonchev–Trinajstić information content (AvgIpc) is 2.80. The lowest BCUT2D eigenvalue weighted by Gasteiger charge is -2.21. The second-order valence-electron chi connectivity index (χ2n) is 6.54. The molecule has 6 nitrogen and oxygen atoms in total. The Labute approximate surface area is 170 Å². The molecule has 0 unspecified atom stereocenters. The predicted octanol–water partition coefficient (Wildman–Crippen LogP) is 3.84. The maximum absolute atomic E-state index is 12.5. The van der Waals surface area contributed by atoms with Gasteiger partial charge in [0.15, 0.2) is 0 Å². The van der Waals surface area contributed by atoms with Crippen LogP contribution in [0.15, 0.2) is 27.6 Å². The number of terminal acetylenes is 1. The van der Waals surface area contributed by atoms with Crippen LogP contribution in [0.25, 0.3) is 6.08 Å². The molecule has 2 rings (SSSR count). The van der Waals surface area contributed by atoms with Crippen LogP contribution < -0.4 is 4.74 Å². The van der Waals surface area contributed by atoms with Gasteiger partial charge in [0, 0.05) is 0 Å². The molecule has 0 N–H and O–H groups in total. The van der Waals surface area contributed by atoms with E-state index in [1.807, 2.05) is 0 Å². The molecule has 142 valence electrons. The summed E-state index contributed by atoms with van der Waals surface area (Å²) in [6.45, 7) is 4.87. The van der Waals surface area contributed by atoms with Gasteiger partial charge in [0.05, 0.1) is 9.38 Å². The van der Waals surface area contributed by atoms with Gasteiger partial charge in [-0.1, -0.05) is 12.0 Å². The van der Waals surface area contributed by atoms with Gasteiger partial charge in [-0.3, -0.25) is 19.3 Å². The fourth-order valence-corrected chi connectivity index (χ4v) is 3.48. The molecule has 0 atom stereocenters. The summed E-state index contributed by atoms with van der Waals surface area (Å²) in [5, 5.41) is -0.509. The van der Waals surface area contributed by atoms with Crippen LogP contribution in [0.2, 0.25) is 0 Å². The predicted molar refractivity (Wildman–Crippen MR) is 107 cm³/mol. The van der Waals surface area contributed by atoms with E-state index in [0.717, 1.165) is 16.7 Å².